The molecule has 0 saturated carbocycles. The summed E-state index contributed by atoms with van der Waals surface area (Å²) in [6, 6.07) is 3.18. The van der Waals surface area contributed by atoms with Crippen molar-refractivity contribution >= 4 is 19.1 Å². The third-order valence-electron chi connectivity index (χ3n) is 2.77. The van der Waals surface area contributed by atoms with Crippen LogP contribution in [0.1, 0.15) is 19.6 Å². The number of hydrogen-bond donors (Lipinski definition) is 2. The van der Waals surface area contributed by atoms with E-state index in [0.29, 0.717) is 35.6 Å². The van der Waals surface area contributed by atoms with Crippen molar-refractivity contribution in [1.82, 2.24) is 4.98 Å². The van der Waals surface area contributed by atoms with Crippen LogP contribution in [0.3, 0.4) is 0 Å². The Morgan fingerprint density at radius 1 is 1.29 bits per heavy atom. The van der Waals surface area contributed by atoms with Gasteiger partial charge in [-0.1, -0.05) is 13.8 Å². The van der Waals surface area contributed by atoms with E-state index in [1.807, 2.05) is 13.8 Å². The highest BCUT2D eigenvalue weighted by atomic mass is 31.2. The van der Waals surface area contributed by atoms with E-state index in [2.05, 4.69) is 4.98 Å². The number of furan rings is 1. The lowest BCUT2D eigenvalue weighted by Crippen LogP contribution is -2.08. The Morgan fingerprint density at radius 2 is 1.95 bits per heavy atom. The molecule has 2 N–H and O–H groups in total. The largest absolute Gasteiger partial charge is 0.446 e. The van der Waals surface area contributed by atoms with Gasteiger partial charge >= 0.3 is 7.60 Å². The van der Waals surface area contributed by atoms with Gasteiger partial charge in [0.05, 0.1) is 0 Å². The summed E-state index contributed by atoms with van der Waals surface area (Å²) in [7, 11) is -0.801. The van der Waals surface area contributed by atoms with Gasteiger partial charge in [0.15, 0.2) is 5.76 Å². The summed E-state index contributed by atoms with van der Waals surface area (Å²) in [6.07, 6.45) is 0.655. The van der Waals surface area contributed by atoms with Crippen LogP contribution < -0.4 is 10.4 Å². The molecule has 2 rings (SSSR count). The van der Waals surface area contributed by atoms with Crippen LogP contribution in [0.15, 0.2) is 21.0 Å². The molecule has 116 valence electrons. The van der Waals surface area contributed by atoms with Gasteiger partial charge in [0.1, 0.15) is 11.5 Å². The zero-order chi connectivity index (χ0) is 15.8. The van der Waals surface area contributed by atoms with Gasteiger partial charge in [-0.2, -0.15) is 4.98 Å². The van der Waals surface area contributed by atoms with Gasteiger partial charge in [0.25, 0.3) is 6.01 Å². The fraction of sp³-hybridized carbons (Fsp3) is 0.462. The average Bonchev–Trinajstić information content (AvgIpc) is 2.92. The second-order valence-electron chi connectivity index (χ2n) is 5.44. The highest BCUT2D eigenvalue weighted by Gasteiger charge is 2.25. The molecule has 0 saturated heterocycles. The maximum Gasteiger partial charge on any atom is 0.391 e. The second-order valence-corrected chi connectivity index (χ2v) is 6.97. The van der Waals surface area contributed by atoms with Crippen molar-refractivity contribution in [3.63, 3.8) is 0 Å². The van der Waals surface area contributed by atoms with Crippen molar-refractivity contribution in [2.45, 2.75) is 20.3 Å². The Balaban J connectivity index is 2.46. The number of nitrogens with zero attached hydrogens (tertiary/aromatic N) is 2. The molecule has 0 bridgehead atoms. The van der Waals surface area contributed by atoms with E-state index in [1.54, 1.807) is 19.0 Å². The molecule has 2 aromatic rings. The van der Waals surface area contributed by atoms with Gasteiger partial charge in [-0.05, 0) is 18.1 Å². The van der Waals surface area contributed by atoms with Crippen molar-refractivity contribution < 1.29 is 23.2 Å². The van der Waals surface area contributed by atoms with Gasteiger partial charge < -0.3 is 23.5 Å². The maximum atomic E-state index is 11.2. The Kier molecular flexibility index (Phi) is 4.27. The van der Waals surface area contributed by atoms with Crippen LogP contribution in [0.25, 0.3) is 11.5 Å². The van der Waals surface area contributed by atoms with Gasteiger partial charge in [-0.3, -0.25) is 4.57 Å². The standard InChI is InChI=1S/C13H19N2O5P/c1-8(2)7-10-12(14-13(20-10)15(3)4)9-5-6-11(19-9)21(16,17)18/h5-6,8H,7H2,1-4H3,(H2,16,17,18). The molecule has 0 unspecified atom stereocenters. The van der Waals surface area contributed by atoms with Crippen LogP contribution in [0.5, 0.6) is 0 Å². The van der Waals surface area contributed by atoms with Gasteiger partial charge in [0, 0.05) is 20.5 Å². The molecule has 21 heavy (non-hydrogen) atoms. The van der Waals surface area contributed by atoms with E-state index < -0.39 is 7.60 Å². The zero-order valence-corrected chi connectivity index (χ0v) is 13.3. The van der Waals surface area contributed by atoms with E-state index in [-0.39, 0.29) is 5.50 Å². The number of oxazole rings is 1. The lowest BCUT2D eigenvalue weighted by molar-refractivity contribution is 0.377. The average molecular weight is 314 g/mol. The Morgan fingerprint density at radius 3 is 2.43 bits per heavy atom. The predicted molar refractivity (Wildman–Crippen MR) is 78.8 cm³/mol. The molecule has 8 heteroatoms. The topological polar surface area (TPSA) is 99.9 Å². The van der Waals surface area contributed by atoms with Crippen LogP contribution >= 0.6 is 7.60 Å². The number of anilines is 1. The number of hydrogen-bond acceptors (Lipinski definition) is 5. The van der Waals surface area contributed by atoms with Crippen molar-refractivity contribution in [1.29, 1.82) is 0 Å². The third-order valence-corrected chi connectivity index (χ3v) is 3.59. The summed E-state index contributed by atoms with van der Waals surface area (Å²) in [5.74, 6) is 1.28. The minimum atomic E-state index is -4.41. The van der Waals surface area contributed by atoms with Gasteiger partial charge in [0.2, 0.25) is 5.50 Å². The molecule has 0 atom stereocenters. The molecule has 0 aliphatic rings. The lowest BCUT2D eigenvalue weighted by Gasteiger charge is -2.04. The van der Waals surface area contributed by atoms with E-state index in [1.165, 1.54) is 12.1 Å². The van der Waals surface area contributed by atoms with Gasteiger partial charge in [-0.15, -0.1) is 0 Å². The molecule has 7 nitrogen and oxygen atoms in total. The minimum absolute atomic E-state index is 0.292. The zero-order valence-electron chi connectivity index (χ0n) is 12.4. The van der Waals surface area contributed by atoms with Crippen molar-refractivity contribution in [3.05, 3.63) is 17.9 Å². The van der Waals surface area contributed by atoms with Crippen LogP contribution in [-0.2, 0) is 11.0 Å². The molecule has 0 aliphatic carbocycles. The van der Waals surface area contributed by atoms with E-state index in [0.717, 1.165) is 0 Å². The molecule has 0 amide bonds. The highest BCUT2D eigenvalue weighted by Crippen LogP contribution is 2.36. The van der Waals surface area contributed by atoms with Crippen LogP contribution in [0, 0.1) is 5.92 Å². The smallest absolute Gasteiger partial charge is 0.391 e. The summed E-state index contributed by atoms with van der Waals surface area (Å²) in [4.78, 5) is 24.3. The summed E-state index contributed by atoms with van der Waals surface area (Å²) < 4.78 is 22.1. The molecular formula is C13H19N2O5P. The first-order chi connectivity index (χ1) is 9.68. The molecule has 0 spiro atoms. The lowest BCUT2D eigenvalue weighted by atomic mass is 10.1. The normalized spacial score (nSPS) is 12.1. The SMILES string of the molecule is CC(C)Cc1oc(N(C)C)nc1-c1ccc(P(=O)(O)O)o1. The highest BCUT2D eigenvalue weighted by molar-refractivity contribution is 7.59. The number of aromatic nitrogens is 1. The molecule has 0 aromatic carbocycles. The minimum Gasteiger partial charge on any atom is -0.446 e. The summed E-state index contributed by atoms with van der Waals surface area (Å²) in [5, 5.41) is 0. The molecule has 2 heterocycles. The first-order valence-corrected chi connectivity index (χ1v) is 8.13. The van der Waals surface area contributed by atoms with E-state index in [4.69, 9.17) is 18.6 Å². The van der Waals surface area contributed by atoms with E-state index >= 15 is 0 Å². The third kappa shape index (κ3) is 3.56. The molecular weight excluding hydrogens is 295 g/mol. The van der Waals surface area contributed by atoms with E-state index in [9.17, 15) is 4.57 Å². The number of rotatable bonds is 5. The monoisotopic (exact) mass is 314 g/mol. The van der Waals surface area contributed by atoms with Crippen LogP contribution in [0.4, 0.5) is 6.01 Å². The second kappa shape index (κ2) is 5.67. The molecule has 0 radical (unpaired) electrons. The molecule has 0 fully saturated rings. The van der Waals surface area contributed by atoms with Crippen LogP contribution in [0.2, 0.25) is 0 Å². The Bertz CT molecular complexity index is 668. The Hall–Kier alpha value is -1.56. The Labute approximate surface area is 122 Å². The summed E-state index contributed by atoms with van der Waals surface area (Å²) >= 11 is 0. The van der Waals surface area contributed by atoms with Gasteiger partial charge in [-0.25, -0.2) is 0 Å². The van der Waals surface area contributed by atoms with Crippen molar-refractivity contribution in [3.8, 4) is 11.5 Å². The quantitative estimate of drug-likeness (QED) is 0.814. The van der Waals surface area contributed by atoms with Crippen molar-refractivity contribution in [2.24, 2.45) is 5.92 Å². The molecule has 2 aromatic heterocycles. The summed E-state index contributed by atoms with van der Waals surface area (Å²) in [5.41, 5.74) is 0.106. The van der Waals surface area contributed by atoms with Crippen LogP contribution in [-0.4, -0.2) is 28.9 Å². The fourth-order valence-corrected chi connectivity index (χ4v) is 2.33. The van der Waals surface area contributed by atoms with Crippen molar-refractivity contribution in [2.75, 3.05) is 19.0 Å². The first kappa shape index (κ1) is 15.8. The first-order valence-electron chi connectivity index (χ1n) is 6.52. The maximum absolute atomic E-state index is 11.2. The molecule has 0 aliphatic heterocycles. The predicted octanol–water partition coefficient (Wildman–Crippen LogP) is 2.00. The summed E-state index contributed by atoms with van der Waals surface area (Å²) in [6.45, 7) is 4.09. The fourth-order valence-electron chi connectivity index (χ4n) is 1.84.